The van der Waals surface area contributed by atoms with E-state index < -0.39 is 0 Å². The van der Waals surface area contributed by atoms with Gasteiger partial charge in [-0.25, -0.2) is 0 Å². The number of fused-ring (bicyclic) bond motifs is 1. The van der Waals surface area contributed by atoms with E-state index in [1.807, 2.05) is 23.9 Å². The number of nitro benzene ring substituents is 1. The number of anilines is 1. The van der Waals surface area contributed by atoms with Crippen LogP contribution in [0.15, 0.2) is 30.6 Å². The number of non-ortho nitro benzene ring substituents is 1. The van der Waals surface area contributed by atoms with Gasteiger partial charge in [0, 0.05) is 54.4 Å². The largest absolute Gasteiger partial charge is 0.364 e. The Hall–Kier alpha value is -2.96. The predicted octanol–water partition coefficient (Wildman–Crippen LogP) is 3.83. The molecular weight excluding hydrogens is 330 g/mol. The standard InChI is InChI=1S/C19H21N5O2/c1-12-19(13(2)22(3)21-12)18-5-4-10-23(18)16-6-7-17(24(25)26)15-11-20-9-8-14(15)16/h6-9,11,18H,4-5,10H2,1-3H3. The fourth-order valence-corrected chi connectivity index (χ4v) is 4.20. The first-order valence-electron chi connectivity index (χ1n) is 8.77. The normalized spacial score (nSPS) is 17.2. The minimum Gasteiger partial charge on any atom is -0.364 e. The Labute approximate surface area is 151 Å². The van der Waals surface area contributed by atoms with Crippen molar-refractivity contribution in [3.05, 3.63) is 57.7 Å². The Morgan fingerprint density at radius 2 is 2.04 bits per heavy atom. The lowest BCUT2D eigenvalue weighted by Crippen LogP contribution is -2.23. The van der Waals surface area contributed by atoms with Crippen molar-refractivity contribution in [1.29, 1.82) is 0 Å². The van der Waals surface area contributed by atoms with Crippen LogP contribution in [0.4, 0.5) is 11.4 Å². The molecule has 26 heavy (non-hydrogen) atoms. The molecule has 0 radical (unpaired) electrons. The number of nitro groups is 1. The van der Waals surface area contributed by atoms with Gasteiger partial charge in [-0.3, -0.25) is 19.8 Å². The zero-order chi connectivity index (χ0) is 18.4. The van der Waals surface area contributed by atoms with Gasteiger partial charge in [0.05, 0.1) is 22.0 Å². The number of aromatic nitrogens is 3. The van der Waals surface area contributed by atoms with E-state index in [9.17, 15) is 10.1 Å². The van der Waals surface area contributed by atoms with Crippen molar-refractivity contribution < 1.29 is 4.92 Å². The van der Waals surface area contributed by atoms with Gasteiger partial charge < -0.3 is 4.90 Å². The molecule has 134 valence electrons. The lowest BCUT2D eigenvalue weighted by atomic mass is 10.0. The highest BCUT2D eigenvalue weighted by Crippen LogP contribution is 2.42. The van der Waals surface area contributed by atoms with E-state index in [0.717, 1.165) is 36.2 Å². The molecule has 1 aliphatic rings. The van der Waals surface area contributed by atoms with Gasteiger partial charge in [0.2, 0.25) is 0 Å². The maximum Gasteiger partial charge on any atom is 0.278 e. The number of aryl methyl sites for hydroxylation is 2. The molecule has 1 aromatic carbocycles. The van der Waals surface area contributed by atoms with Crippen molar-refractivity contribution in [1.82, 2.24) is 14.8 Å². The number of hydrogen-bond donors (Lipinski definition) is 0. The SMILES string of the molecule is Cc1nn(C)c(C)c1C1CCCN1c1ccc([N+](=O)[O-])c2cnccc12. The summed E-state index contributed by atoms with van der Waals surface area (Å²) in [5.41, 5.74) is 4.62. The summed E-state index contributed by atoms with van der Waals surface area (Å²) >= 11 is 0. The summed E-state index contributed by atoms with van der Waals surface area (Å²) in [6.45, 7) is 5.08. The van der Waals surface area contributed by atoms with Crippen LogP contribution in [0.25, 0.3) is 10.8 Å². The van der Waals surface area contributed by atoms with E-state index >= 15 is 0 Å². The van der Waals surface area contributed by atoms with Crippen molar-refractivity contribution >= 4 is 22.1 Å². The van der Waals surface area contributed by atoms with Gasteiger partial charge in [-0.1, -0.05) is 0 Å². The van der Waals surface area contributed by atoms with Crippen LogP contribution < -0.4 is 4.90 Å². The van der Waals surface area contributed by atoms with Crippen molar-refractivity contribution in [3.63, 3.8) is 0 Å². The van der Waals surface area contributed by atoms with E-state index in [1.165, 1.54) is 11.3 Å². The molecule has 0 aliphatic carbocycles. The molecule has 1 unspecified atom stereocenters. The zero-order valence-corrected chi connectivity index (χ0v) is 15.1. The van der Waals surface area contributed by atoms with Crippen LogP contribution in [0.3, 0.4) is 0 Å². The lowest BCUT2D eigenvalue weighted by molar-refractivity contribution is -0.383. The van der Waals surface area contributed by atoms with Crippen LogP contribution in [0.2, 0.25) is 0 Å². The summed E-state index contributed by atoms with van der Waals surface area (Å²) in [6.07, 6.45) is 5.42. The van der Waals surface area contributed by atoms with Crippen LogP contribution in [0, 0.1) is 24.0 Å². The highest BCUT2D eigenvalue weighted by Gasteiger charge is 2.32. The maximum absolute atomic E-state index is 11.4. The zero-order valence-electron chi connectivity index (χ0n) is 15.1. The fraction of sp³-hybridized carbons (Fsp3) is 0.368. The summed E-state index contributed by atoms with van der Waals surface area (Å²) in [6, 6.07) is 5.58. The Balaban J connectivity index is 1.87. The molecule has 0 bridgehead atoms. The van der Waals surface area contributed by atoms with Gasteiger partial charge in [0.15, 0.2) is 0 Å². The molecule has 4 rings (SSSR count). The van der Waals surface area contributed by atoms with Crippen LogP contribution in [0.5, 0.6) is 0 Å². The second-order valence-corrected chi connectivity index (χ2v) is 6.84. The van der Waals surface area contributed by atoms with Gasteiger partial charge in [-0.15, -0.1) is 0 Å². The van der Waals surface area contributed by atoms with Crippen molar-refractivity contribution in [2.24, 2.45) is 7.05 Å². The summed E-state index contributed by atoms with van der Waals surface area (Å²) < 4.78 is 1.93. The fourth-order valence-electron chi connectivity index (χ4n) is 4.20. The molecule has 3 heterocycles. The first-order valence-corrected chi connectivity index (χ1v) is 8.77. The Kier molecular flexibility index (Phi) is 3.86. The summed E-state index contributed by atoms with van der Waals surface area (Å²) in [4.78, 5) is 17.5. The van der Waals surface area contributed by atoms with Crippen molar-refractivity contribution in [2.75, 3.05) is 11.4 Å². The highest BCUT2D eigenvalue weighted by molar-refractivity contribution is 5.99. The molecule has 0 saturated carbocycles. The van der Waals surface area contributed by atoms with E-state index in [-0.39, 0.29) is 16.7 Å². The van der Waals surface area contributed by atoms with Gasteiger partial charge in [0.1, 0.15) is 0 Å². The van der Waals surface area contributed by atoms with E-state index in [1.54, 1.807) is 18.5 Å². The Bertz CT molecular complexity index is 1010. The molecular formula is C19H21N5O2. The average molecular weight is 351 g/mol. The second-order valence-electron chi connectivity index (χ2n) is 6.84. The van der Waals surface area contributed by atoms with Gasteiger partial charge in [-0.2, -0.15) is 5.10 Å². The monoisotopic (exact) mass is 351 g/mol. The third-order valence-electron chi connectivity index (χ3n) is 5.43. The summed E-state index contributed by atoms with van der Waals surface area (Å²) in [5, 5.41) is 17.4. The lowest BCUT2D eigenvalue weighted by Gasteiger charge is -2.28. The smallest absolute Gasteiger partial charge is 0.278 e. The van der Waals surface area contributed by atoms with Gasteiger partial charge in [0.25, 0.3) is 5.69 Å². The molecule has 1 saturated heterocycles. The van der Waals surface area contributed by atoms with Gasteiger partial charge in [-0.05, 0) is 38.8 Å². The third-order valence-corrected chi connectivity index (χ3v) is 5.43. The first kappa shape index (κ1) is 16.5. The van der Waals surface area contributed by atoms with Crippen LogP contribution >= 0.6 is 0 Å². The predicted molar refractivity (Wildman–Crippen MR) is 100 cm³/mol. The minimum absolute atomic E-state index is 0.0985. The quantitative estimate of drug-likeness (QED) is 0.529. The Morgan fingerprint density at radius 3 is 2.73 bits per heavy atom. The summed E-state index contributed by atoms with van der Waals surface area (Å²) in [7, 11) is 1.97. The topological polar surface area (TPSA) is 77.1 Å². The van der Waals surface area contributed by atoms with Crippen molar-refractivity contribution in [3.8, 4) is 0 Å². The number of hydrogen-bond acceptors (Lipinski definition) is 5. The van der Waals surface area contributed by atoms with Gasteiger partial charge >= 0.3 is 0 Å². The number of rotatable bonds is 3. The number of nitrogens with zero attached hydrogens (tertiary/aromatic N) is 5. The van der Waals surface area contributed by atoms with E-state index in [2.05, 4.69) is 28.8 Å². The molecule has 0 N–H and O–H groups in total. The first-order chi connectivity index (χ1) is 12.5. The van der Waals surface area contributed by atoms with Crippen LogP contribution in [-0.4, -0.2) is 26.2 Å². The highest BCUT2D eigenvalue weighted by atomic mass is 16.6. The van der Waals surface area contributed by atoms with Crippen LogP contribution in [0.1, 0.15) is 35.8 Å². The van der Waals surface area contributed by atoms with E-state index in [4.69, 9.17) is 0 Å². The average Bonchev–Trinajstić information content (AvgIpc) is 3.18. The van der Waals surface area contributed by atoms with E-state index in [0.29, 0.717) is 5.39 Å². The maximum atomic E-state index is 11.4. The molecule has 0 spiro atoms. The molecule has 3 aromatic rings. The third kappa shape index (κ3) is 2.42. The second kappa shape index (κ2) is 6.09. The molecule has 7 heteroatoms. The summed E-state index contributed by atoms with van der Waals surface area (Å²) in [5.74, 6) is 0. The molecule has 1 aliphatic heterocycles. The molecule has 0 amide bonds. The van der Waals surface area contributed by atoms with Crippen LogP contribution in [-0.2, 0) is 7.05 Å². The number of pyridine rings is 1. The molecule has 2 aromatic heterocycles. The minimum atomic E-state index is -0.343. The molecule has 7 nitrogen and oxygen atoms in total. The molecule has 1 atom stereocenters. The molecule has 1 fully saturated rings. The number of benzene rings is 1. The van der Waals surface area contributed by atoms with Crippen molar-refractivity contribution in [2.45, 2.75) is 32.7 Å². The Morgan fingerprint density at radius 1 is 1.23 bits per heavy atom.